The average molecular weight is 1120 g/mol. The molecule has 0 aliphatic carbocycles. The smallest absolute Gasteiger partial charge is 0.306 e. The minimum Gasteiger partial charge on any atom is -0.545 e. The maximum Gasteiger partial charge on any atom is 0.306 e. The predicted octanol–water partition coefficient (Wildman–Crippen LogP) is 19.7. The maximum absolute atomic E-state index is 12.9. The summed E-state index contributed by atoms with van der Waals surface area (Å²) in [6.45, 7) is 4.81. The van der Waals surface area contributed by atoms with Crippen LogP contribution in [-0.4, -0.2) is 82.3 Å². The number of carbonyl (C=O) groups is 3. The van der Waals surface area contributed by atoms with Gasteiger partial charge in [-0.1, -0.05) is 314 Å². The fourth-order valence-electron chi connectivity index (χ4n) is 10.4. The second-order valence-corrected chi connectivity index (χ2v) is 24.8. The van der Waals surface area contributed by atoms with Crippen molar-refractivity contribution in [1.29, 1.82) is 0 Å². The van der Waals surface area contributed by atoms with Crippen LogP contribution in [0.3, 0.4) is 0 Å². The van der Waals surface area contributed by atoms with Crippen molar-refractivity contribution in [1.82, 2.24) is 0 Å². The molecule has 9 heteroatoms. The molecule has 9 nitrogen and oxygen atoms in total. The zero-order valence-corrected chi connectivity index (χ0v) is 53.3. The molecule has 2 unspecified atom stereocenters. The van der Waals surface area contributed by atoms with Crippen LogP contribution in [0, 0.1) is 0 Å². The molecule has 0 aromatic rings. The summed E-state index contributed by atoms with van der Waals surface area (Å²) in [7, 11) is 5.94. The highest BCUT2D eigenvalue weighted by Gasteiger charge is 2.22. The number of hydrogen-bond donors (Lipinski definition) is 0. The van der Waals surface area contributed by atoms with Crippen molar-refractivity contribution in [2.75, 3.05) is 47.5 Å². The van der Waals surface area contributed by atoms with Crippen LogP contribution in [0.25, 0.3) is 0 Å². The molecule has 0 aromatic carbocycles. The summed E-state index contributed by atoms with van der Waals surface area (Å²) in [6, 6.07) is 0. The Hall–Kier alpha value is -2.23. The van der Waals surface area contributed by atoms with Crippen molar-refractivity contribution >= 4 is 17.9 Å². The lowest BCUT2D eigenvalue weighted by atomic mass is 10.0. The monoisotopic (exact) mass is 1120 g/mol. The van der Waals surface area contributed by atoms with E-state index in [9.17, 15) is 19.5 Å². The van der Waals surface area contributed by atoms with Crippen LogP contribution in [-0.2, 0) is 33.3 Å². The zero-order chi connectivity index (χ0) is 57.6. The number of unbranched alkanes of at least 4 members (excludes halogenated alkanes) is 46. The maximum atomic E-state index is 12.9. The van der Waals surface area contributed by atoms with E-state index in [4.69, 9.17) is 18.9 Å². The molecule has 0 rings (SSSR count). The van der Waals surface area contributed by atoms with Gasteiger partial charge in [0.05, 0.1) is 40.3 Å². The Kier molecular flexibility index (Phi) is 60.1. The van der Waals surface area contributed by atoms with Gasteiger partial charge in [-0.3, -0.25) is 9.59 Å². The van der Waals surface area contributed by atoms with Crippen molar-refractivity contribution < 1.29 is 42.9 Å². The normalized spacial score (nSPS) is 12.8. The first-order valence-corrected chi connectivity index (χ1v) is 34.5. The highest BCUT2D eigenvalue weighted by atomic mass is 16.7. The number of rotatable bonds is 65. The summed E-state index contributed by atoms with van der Waals surface area (Å²) < 4.78 is 22.8. The van der Waals surface area contributed by atoms with Crippen LogP contribution in [0.15, 0.2) is 24.3 Å². The number of allylic oxidation sites excluding steroid dienone is 4. The van der Waals surface area contributed by atoms with Gasteiger partial charge >= 0.3 is 11.9 Å². The van der Waals surface area contributed by atoms with Gasteiger partial charge in [0.2, 0.25) is 0 Å². The molecule has 466 valence electrons. The lowest BCUT2D eigenvalue weighted by molar-refractivity contribution is -0.870. The summed E-state index contributed by atoms with van der Waals surface area (Å²) in [5.41, 5.74) is 0. The van der Waals surface area contributed by atoms with Crippen molar-refractivity contribution in [3.8, 4) is 0 Å². The van der Waals surface area contributed by atoms with E-state index in [2.05, 4.69) is 38.2 Å². The van der Waals surface area contributed by atoms with E-state index < -0.39 is 24.3 Å². The van der Waals surface area contributed by atoms with Gasteiger partial charge < -0.3 is 33.3 Å². The Bertz CT molecular complexity index is 1340. The second-order valence-electron chi connectivity index (χ2n) is 24.8. The van der Waals surface area contributed by atoms with Crippen molar-refractivity contribution in [3.05, 3.63) is 24.3 Å². The molecule has 0 aliphatic heterocycles. The summed E-state index contributed by atoms with van der Waals surface area (Å²) in [6.07, 6.45) is 72.6. The highest BCUT2D eigenvalue weighted by Crippen LogP contribution is 2.19. The van der Waals surface area contributed by atoms with Gasteiger partial charge in [0.1, 0.15) is 13.2 Å². The van der Waals surface area contributed by atoms with Crippen LogP contribution < -0.4 is 5.11 Å². The second kappa shape index (κ2) is 61.8. The fourth-order valence-corrected chi connectivity index (χ4v) is 10.4. The Morgan fingerprint density at radius 3 is 1.00 bits per heavy atom. The lowest BCUT2D eigenvalue weighted by Gasteiger charge is -2.26. The van der Waals surface area contributed by atoms with E-state index in [1.807, 2.05) is 21.1 Å². The number of aliphatic carboxylic acids is 1. The SMILES string of the molecule is CCCCCCC/C=C\C/C=C\CCCCCCCCCCCCCCCCCCCCCCCC(=O)OC(COC(=O)CCCCCCCCCCCCCCCCCCCCCCC)COC(OCC[N+](C)(C)C)C(=O)[O-]. The number of carboxylic acids is 1. The van der Waals surface area contributed by atoms with Gasteiger partial charge in [-0.05, 0) is 44.9 Å². The molecule has 0 heterocycles. The van der Waals surface area contributed by atoms with Gasteiger partial charge in [-0.2, -0.15) is 0 Å². The summed E-state index contributed by atoms with van der Waals surface area (Å²) in [5, 5.41) is 11.8. The van der Waals surface area contributed by atoms with Gasteiger partial charge in [0.25, 0.3) is 0 Å². The molecule has 0 N–H and O–H groups in total. The van der Waals surface area contributed by atoms with Crippen molar-refractivity contribution in [2.24, 2.45) is 0 Å². The average Bonchev–Trinajstić information content (AvgIpc) is 3.42. The molecule has 0 amide bonds. The fraction of sp³-hybridized carbons (Fsp3) is 0.900. The van der Waals surface area contributed by atoms with E-state index in [-0.39, 0.29) is 32.2 Å². The number of quaternary nitrogens is 1. The van der Waals surface area contributed by atoms with E-state index in [1.54, 1.807) is 0 Å². The molecule has 0 aromatic heterocycles. The molecule has 0 aliphatic rings. The van der Waals surface area contributed by atoms with E-state index >= 15 is 0 Å². The van der Waals surface area contributed by atoms with Crippen LogP contribution in [0.2, 0.25) is 0 Å². The molecule has 79 heavy (non-hydrogen) atoms. The Labute approximate surface area is 490 Å². The number of carboxylic acid groups (broad SMARTS) is 1. The third-order valence-electron chi connectivity index (χ3n) is 15.7. The standard InChI is InChI=1S/C70H133NO8/c1-6-8-10-12-14-16-18-20-22-24-26-28-29-30-31-32-33-34-35-36-37-38-39-41-43-45-47-49-51-53-55-57-59-61-68(73)79-66(65-78-70(69(74)75)76-63-62-71(3,4)5)64-77-67(72)60-58-56-54-52-50-48-46-44-42-40-27-25-23-21-19-17-15-13-11-9-7-2/h18,20,24,26,66,70H,6-17,19,21-23,25,27-65H2,1-5H3/b20-18-,26-24-. The highest BCUT2D eigenvalue weighted by molar-refractivity contribution is 5.70. The Morgan fingerprint density at radius 1 is 0.380 bits per heavy atom. The number of hydrogen-bond acceptors (Lipinski definition) is 8. The molecule has 2 atom stereocenters. The number of ether oxygens (including phenoxy) is 4. The van der Waals surface area contributed by atoms with Crippen LogP contribution in [0.5, 0.6) is 0 Å². The van der Waals surface area contributed by atoms with Gasteiger partial charge in [0.15, 0.2) is 12.4 Å². The molecule has 0 bridgehead atoms. The first kappa shape index (κ1) is 76.8. The number of esters is 2. The van der Waals surface area contributed by atoms with Crippen molar-refractivity contribution in [2.45, 2.75) is 360 Å². The summed E-state index contributed by atoms with van der Waals surface area (Å²) in [5.74, 6) is -2.25. The Balaban J connectivity index is 4.04. The third-order valence-corrected chi connectivity index (χ3v) is 15.7. The Morgan fingerprint density at radius 2 is 0.684 bits per heavy atom. The van der Waals surface area contributed by atoms with Crippen LogP contribution in [0.1, 0.15) is 348 Å². The topological polar surface area (TPSA) is 111 Å². The first-order chi connectivity index (χ1) is 38.6. The minimum atomic E-state index is -1.62. The van der Waals surface area contributed by atoms with E-state index in [0.29, 0.717) is 17.4 Å². The lowest BCUT2D eigenvalue weighted by Crippen LogP contribution is -2.44. The summed E-state index contributed by atoms with van der Waals surface area (Å²) >= 11 is 0. The molecule has 0 fully saturated rings. The molecular formula is C70H133NO8. The molecule has 0 saturated heterocycles. The van der Waals surface area contributed by atoms with Crippen LogP contribution in [0.4, 0.5) is 0 Å². The van der Waals surface area contributed by atoms with Crippen molar-refractivity contribution in [3.63, 3.8) is 0 Å². The minimum absolute atomic E-state index is 0.152. The van der Waals surface area contributed by atoms with Gasteiger partial charge in [-0.25, -0.2) is 0 Å². The molecule has 0 spiro atoms. The number of carbonyl (C=O) groups excluding carboxylic acids is 3. The first-order valence-electron chi connectivity index (χ1n) is 34.5. The molecule has 0 radical (unpaired) electrons. The van der Waals surface area contributed by atoms with Gasteiger partial charge in [-0.15, -0.1) is 0 Å². The summed E-state index contributed by atoms with van der Waals surface area (Å²) in [4.78, 5) is 37.4. The largest absolute Gasteiger partial charge is 0.545 e. The predicted molar refractivity (Wildman–Crippen MR) is 334 cm³/mol. The molecule has 0 saturated carbocycles. The quantitative estimate of drug-likeness (QED) is 0.0195. The number of nitrogens with zero attached hydrogens (tertiary/aromatic N) is 1. The van der Waals surface area contributed by atoms with Crippen LogP contribution >= 0.6 is 0 Å². The molecular weight excluding hydrogens is 983 g/mol. The zero-order valence-electron chi connectivity index (χ0n) is 53.3. The van der Waals surface area contributed by atoms with E-state index in [0.717, 1.165) is 44.9 Å². The van der Waals surface area contributed by atoms with E-state index in [1.165, 1.54) is 276 Å². The van der Waals surface area contributed by atoms with Gasteiger partial charge in [0, 0.05) is 12.8 Å². The number of likely N-dealkylation sites (N-methyl/N-ethyl adjacent to an activating group) is 1. The third kappa shape index (κ3) is 63.2.